The second-order valence-corrected chi connectivity index (χ2v) is 9.58. The molecule has 0 aliphatic carbocycles. The Bertz CT molecular complexity index is 666. The van der Waals surface area contributed by atoms with Crippen LogP contribution in [0.5, 0.6) is 0 Å². The van der Waals surface area contributed by atoms with Gasteiger partial charge in [-0.25, -0.2) is 8.42 Å². The highest BCUT2D eigenvalue weighted by atomic mass is 32.2. The van der Waals surface area contributed by atoms with Crippen molar-refractivity contribution in [2.75, 3.05) is 38.2 Å². The molecule has 0 N–H and O–H groups in total. The number of piperidine rings is 1. The number of amides is 1. The van der Waals surface area contributed by atoms with Gasteiger partial charge in [-0.15, -0.1) is 0 Å². The molecule has 3 rings (SSSR count). The van der Waals surface area contributed by atoms with Crippen LogP contribution in [0, 0.1) is 5.92 Å². The van der Waals surface area contributed by atoms with E-state index in [1.54, 1.807) is 6.20 Å². The van der Waals surface area contributed by atoms with Gasteiger partial charge in [0.05, 0.1) is 18.1 Å². The number of aryl methyl sites for hydroxylation is 1. The van der Waals surface area contributed by atoms with Crippen molar-refractivity contribution in [3.63, 3.8) is 0 Å². The second kappa shape index (κ2) is 7.86. The van der Waals surface area contributed by atoms with Crippen molar-refractivity contribution in [3.05, 3.63) is 18.5 Å². The lowest BCUT2D eigenvalue weighted by Gasteiger charge is -2.34. The zero-order valence-electron chi connectivity index (χ0n) is 14.9. The highest BCUT2D eigenvalue weighted by Crippen LogP contribution is 2.22. The van der Waals surface area contributed by atoms with Crippen molar-refractivity contribution in [2.45, 2.75) is 38.3 Å². The first-order chi connectivity index (χ1) is 11.9. The van der Waals surface area contributed by atoms with E-state index in [0.29, 0.717) is 18.9 Å². The van der Waals surface area contributed by atoms with Crippen LogP contribution in [0.4, 0.5) is 0 Å². The lowest BCUT2D eigenvalue weighted by atomic mass is 9.93. The fraction of sp³-hybridized carbons (Fsp3) is 0.765. The van der Waals surface area contributed by atoms with Crippen molar-refractivity contribution < 1.29 is 13.2 Å². The first-order valence-electron chi connectivity index (χ1n) is 9.09. The van der Waals surface area contributed by atoms with Crippen LogP contribution in [0.2, 0.25) is 0 Å². The van der Waals surface area contributed by atoms with Gasteiger partial charge in [0.1, 0.15) is 0 Å². The van der Waals surface area contributed by atoms with Crippen LogP contribution in [0.3, 0.4) is 0 Å². The fourth-order valence-corrected chi connectivity index (χ4v) is 5.59. The summed E-state index contributed by atoms with van der Waals surface area (Å²) in [4.78, 5) is 16.3. The monoisotopic (exact) mass is 368 g/mol. The molecule has 0 bridgehead atoms. The standard InChI is InChI=1S/C17H28N4O3S/c1-19(16-6-12-25(23,24)14-16)13-17(22)20-9-3-15(4-10-20)5-11-21-8-2-7-18-21/h2,7-8,15-16H,3-6,9-14H2,1H3/t16-/m0/s1. The van der Waals surface area contributed by atoms with Crippen LogP contribution in [-0.4, -0.2) is 78.1 Å². The molecule has 3 heterocycles. The Hall–Kier alpha value is -1.41. The van der Waals surface area contributed by atoms with E-state index in [0.717, 1.165) is 38.9 Å². The van der Waals surface area contributed by atoms with Gasteiger partial charge in [-0.2, -0.15) is 5.10 Å². The Morgan fingerprint density at radius 1 is 1.28 bits per heavy atom. The molecular formula is C17H28N4O3S. The molecule has 1 aromatic rings. The van der Waals surface area contributed by atoms with Crippen LogP contribution >= 0.6 is 0 Å². The normalized spacial score (nSPS) is 24.1. The van der Waals surface area contributed by atoms with E-state index in [1.165, 1.54) is 0 Å². The molecule has 0 saturated carbocycles. The van der Waals surface area contributed by atoms with Gasteiger partial charge in [-0.05, 0) is 44.7 Å². The van der Waals surface area contributed by atoms with E-state index in [2.05, 4.69) is 5.10 Å². The molecule has 0 aromatic carbocycles. The largest absolute Gasteiger partial charge is 0.342 e. The van der Waals surface area contributed by atoms with Crippen molar-refractivity contribution >= 4 is 15.7 Å². The quantitative estimate of drug-likeness (QED) is 0.736. The van der Waals surface area contributed by atoms with Gasteiger partial charge in [-0.1, -0.05) is 0 Å². The maximum absolute atomic E-state index is 12.5. The van der Waals surface area contributed by atoms with Gasteiger partial charge in [-0.3, -0.25) is 14.4 Å². The van der Waals surface area contributed by atoms with Crippen molar-refractivity contribution in [1.29, 1.82) is 0 Å². The molecule has 25 heavy (non-hydrogen) atoms. The Kier molecular flexibility index (Phi) is 5.78. The third-order valence-electron chi connectivity index (χ3n) is 5.51. The summed E-state index contributed by atoms with van der Waals surface area (Å²) in [7, 11) is -1.05. The summed E-state index contributed by atoms with van der Waals surface area (Å²) in [6.45, 7) is 2.86. The third-order valence-corrected chi connectivity index (χ3v) is 7.26. The van der Waals surface area contributed by atoms with Crippen molar-refractivity contribution in [1.82, 2.24) is 19.6 Å². The van der Waals surface area contributed by atoms with E-state index < -0.39 is 9.84 Å². The van der Waals surface area contributed by atoms with Crippen LogP contribution in [0.25, 0.3) is 0 Å². The number of likely N-dealkylation sites (N-methyl/N-ethyl adjacent to an activating group) is 1. The van der Waals surface area contributed by atoms with Crippen LogP contribution in [0.1, 0.15) is 25.7 Å². The van der Waals surface area contributed by atoms with Crippen LogP contribution < -0.4 is 0 Å². The number of aromatic nitrogens is 2. The number of likely N-dealkylation sites (tertiary alicyclic amines) is 1. The maximum Gasteiger partial charge on any atom is 0.236 e. The van der Waals surface area contributed by atoms with Gasteiger partial charge in [0.2, 0.25) is 5.91 Å². The summed E-state index contributed by atoms with van der Waals surface area (Å²) < 4.78 is 25.1. The number of nitrogens with zero attached hydrogens (tertiary/aromatic N) is 4. The second-order valence-electron chi connectivity index (χ2n) is 7.35. The predicted octanol–water partition coefficient (Wildman–Crippen LogP) is 0.631. The van der Waals surface area contributed by atoms with E-state index in [4.69, 9.17) is 0 Å². The lowest BCUT2D eigenvalue weighted by Crippen LogP contribution is -2.46. The number of hydrogen-bond acceptors (Lipinski definition) is 5. The topological polar surface area (TPSA) is 75.5 Å². The lowest BCUT2D eigenvalue weighted by molar-refractivity contribution is -0.134. The number of carbonyl (C=O) groups is 1. The van der Waals surface area contributed by atoms with Crippen molar-refractivity contribution in [2.24, 2.45) is 5.92 Å². The molecule has 1 amide bonds. The third kappa shape index (κ3) is 5.04. The Labute approximate surface area is 149 Å². The number of rotatable bonds is 6. The van der Waals surface area contributed by atoms with E-state index in [-0.39, 0.29) is 23.5 Å². The summed E-state index contributed by atoms with van der Waals surface area (Å²) in [5, 5.41) is 4.23. The van der Waals surface area contributed by atoms with Gasteiger partial charge in [0.15, 0.2) is 9.84 Å². The zero-order chi connectivity index (χ0) is 17.9. The number of carbonyl (C=O) groups excluding carboxylic acids is 1. The Morgan fingerprint density at radius 2 is 2.04 bits per heavy atom. The predicted molar refractivity (Wildman–Crippen MR) is 95.8 cm³/mol. The Morgan fingerprint density at radius 3 is 2.64 bits per heavy atom. The summed E-state index contributed by atoms with van der Waals surface area (Å²) in [5.74, 6) is 1.20. The van der Waals surface area contributed by atoms with E-state index in [9.17, 15) is 13.2 Å². The molecule has 0 spiro atoms. The molecule has 8 heteroatoms. The van der Waals surface area contributed by atoms with Gasteiger partial charge >= 0.3 is 0 Å². The summed E-state index contributed by atoms with van der Waals surface area (Å²) in [6.07, 6.45) is 7.60. The average Bonchev–Trinajstić information content (AvgIpc) is 3.22. The molecule has 2 fully saturated rings. The molecule has 1 aromatic heterocycles. The first kappa shape index (κ1) is 18.4. The average molecular weight is 369 g/mol. The van der Waals surface area contributed by atoms with E-state index in [1.807, 2.05) is 33.8 Å². The summed E-state index contributed by atoms with van der Waals surface area (Å²) >= 11 is 0. The first-order valence-corrected chi connectivity index (χ1v) is 10.9. The summed E-state index contributed by atoms with van der Waals surface area (Å²) in [5.41, 5.74) is 0. The minimum absolute atomic E-state index is 0.0134. The molecular weight excluding hydrogens is 340 g/mol. The SMILES string of the molecule is CN(CC(=O)N1CCC(CCn2cccn2)CC1)[C@H]1CCS(=O)(=O)C1. The van der Waals surface area contributed by atoms with E-state index >= 15 is 0 Å². The molecule has 7 nitrogen and oxygen atoms in total. The molecule has 0 unspecified atom stereocenters. The van der Waals surface area contributed by atoms with Crippen LogP contribution in [-0.2, 0) is 21.2 Å². The maximum atomic E-state index is 12.5. The number of hydrogen-bond donors (Lipinski definition) is 0. The Balaban J connectivity index is 1.39. The van der Waals surface area contributed by atoms with Gasteiger partial charge in [0, 0.05) is 38.1 Å². The van der Waals surface area contributed by atoms with Crippen molar-refractivity contribution in [3.8, 4) is 0 Å². The zero-order valence-corrected chi connectivity index (χ0v) is 15.7. The molecule has 0 radical (unpaired) electrons. The molecule has 2 aliphatic rings. The minimum Gasteiger partial charge on any atom is -0.342 e. The minimum atomic E-state index is -2.91. The molecule has 140 valence electrons. The smallest absolute Gasteiger partial charge is 0.236 e. The molecule has 1 atom stereocenters. The molecule has 2 saturated heterocycles. The number of sulfone groups is 1. The molecule has 2 aliphatic heterocycles. The highest BCUT2D eigenvalue weighted by Gasteiger charge is 2.32. The summed E-state index contributed by atoms with van der Waals surface area (Å²) in [6, 6.07) is 1.92. The van der Waals surface area contributed by atoms with Crippen LogP contribution in [0.15, 0.2) is 18.5 Å². The highest BCUT2D eigenvalue weighted by molar-refractivity contribution is 7.91. The van der Waals surface area contributed by atoms with Gasteiger partial charge < -0.3 is 4.90 Å². The van der Waals surface area contributed by atoms with Gasteiger partial charge in [0.25, 0.3) is 0 Å². The fourth-order valence-electron chi connectivity index (χ4n) is 3.78.